The third kappa shape index (κ3) is 3.36. The molecule has 1 aromatic heterocycles. The van der Waals surface area contributed by atoms with Crippen LogP contribution < -0.4 is 0 Å². The van der Waals surface area contributed by atoms with Crippen molar-refractivity contribution in [2.45, 2.75) is 70.5 Å². The van der Waals surface area contributed by atoms with Gasteiger partial charge < -0.3 is 9.80 Å². The molecule has 2 saturated heterocycles. The van der Waals surface area contributed by atoms with Crippen molar-refractivity contribution in [3.8, 4) is 0 Å². The predicted octanol–water partition coefficient (Wildman–Crippen LogP) is 4.04. The lowest BCUT2D eigenvalue weighted by atomic mass is 9.59. The largest absolute Gasteiger partial charge is 0.338 e. The first-order chi connectivity index (χ1) is 15.1. The van der Waals surface area contributed by atoms with Gasteiger partial charge in [-0.15, -0.1) is 0 Å². The van der Waals surface area contributed by atoms with E-state index in [2.05, 4.69) is 34.3 Å². The fourth-order valence-electron chi connectivity index (χ4n) is 6.03. The maximum absolute atomic E-state index is 13.5. The first-order valence-electron chi connectivity index (χ1n) is 11.8. The van der Waals surface area contributed by atoms with E-state index < -0.39 is 0 Å². The van der Waals surface area contributed by atoms with Crippen LogP contribution in [-0.2, 0) is 11.3 Å². The molecule has 0 bridgehead atoms. The molecule has 2 aliphatic heterocycles. The molecule has 3 heterocycles. The van der Waals surface area contributed by atoms with E-state index in [1.807, 2.05) is 24.1 Å². The minimum absolute atomic E-state index is 0.0523. The number of rotatable bonds is 4. The molecule has 1 spiro atoms. The monoisotopic (exact) mass is 420 g/mol. The van der Waals surface area contributed by atoms with Crippen LogP contribution in [0.2, 0.25) is 0 Å². The van der Waals surface area contributed by atoms with Gasteiger partial charge in [-0.1, -0.05) is 49.6 Å². The highest BCUT2D eigenvalue weighted by Gasteiger charge is 2.62. The van der Waals surface area contributed by atoms with E-state index >= 15 is 0 Å². The zero-order valence-corrected chi connectivity index (χ0v) is 18.4. The quantitative estimate of drug-likeness (QED) is 0.702. The SMILES string of the molecule is CCn1cc(C(=O)N2CCC(N3C(=O)C4(CCCCC4)C3c3ccccc3)CC2)cn1. The van der Waals surface area contributed by atoms with E-state index in [1.54, 1.807) is 10.9 Å². The van der Waals surface area contributed by atoms with Crippen LogP contribution in [0, 0.1) is 5.41 Å². The van der Waals surface area contributed by atoms with E-state index in [0.717, 1.165) is 45.1 Å². The molecular formula is C25H32N4O2. The van der Waals surface area contributed by atoms with Gasteiger partial charge in [0.2, 0.25) is 5.91 Å². The molecule has 3 aliphatic rings. The summed E-state index contributed by atoms with van der Waals surface area (Å²) in [4.78, 5) is 30.5. The Balaban J connectivity index is 1.31. The Bertz CT molecular complexity index is 939. The van der Waals surface area contributed by atoms with Crippen molar-refractivity contribution in [1.29, 1.82) is 0 Å². The second-order valence-electron chi connectivity index (χ2n) is 9.35. The molecule has 5 rings (SSSR count). The number of likely N-dealkylation sites (tertiary alicyclic amines) is 2. The Labute approximate surface area is 184 Å². The first kappa shape index (κ1) is 20.3. The summed E-state index contributed by atoms with van der Waals surface area (Å²) in [5, 5.41) is 4.23. The fourth-order valence-corrected chi connectivity index (χ4v) is 6.03. The summed E-state index contributed by atoms with van der Waals surface area (Å²) in [7, 11) is 0. The molecule has 0 radical (unpaired) electrons. The average molecular weight is 421 g/mol. The van der Waals surface area contributed by atoms with Gasteiger partial charge >= 0.3 is 0 Å². The molecule has 2 amide bonds. The molecule has 2 aromatic rings. The zero-order chi connectivity index (χ0) is 21.4. The normalized spacial score (nSPS) is 23.8. The number of carbonyl (C=O) groups excluding carboxylic acids is 2. The van der Waals surface area contributed by atoms with Gasteiger partial charge in [0.15, 0.2) is 0 Å². The Kier molecular flexibility index (Phi) is 5.32. The van der Waals surface area contributed by atoms with Crippen molar-refractivity contribution >= 4 is 11.8 Å². The van der Waals surface area contributed by atoms with Gasteiger partial charge in [-0.25, -0.2) is 0 Å². The number of aromatic nitrogens is 2. The van der Waals surface area contributed by atoms with E-state index in [0.29, 0.717) is 24.6 Å². The lowest BCUT2D eigenvalue weighted by Crippen LogP contribution is -2.67. The zero-order valence-electron chi connectivity index (χ0n) is 18.4. The molecule has 1 aliphatic carbocycles. The summed E-state index contributed by atoms with van der Waals surface area (Å²) < 4.78 is 1.78. The Morgan fingerprint density at radius 2 is 1.81 bits per heavy atom. The molecule has 0 N–H and O–H groups in total. The highest BCUT2D eigenvalue weighted by molar-refractivity contribution is 5.94. The van der Waals surface area contributed by atoms with E-state index in [-0.39, 0.29) is 23.4 Å². The first-order valence-corrected chi connectivity index (χ1v) is 11.8. The summed E-state index contributed by atoms with van der Waals surface area (Å²) in [6.45, 7) is 4.16. The van der Waals surface area contributed by atoms with Crippen molar-refractivity contribution in [3.63, 3.8) is 0 Å². The topological polar surface area (TPSA) is 58.4 Å². The maximum Gasteiger partial charge on any atom is 0.257 e. The minimum atomic E-state index is -0.193. The van der Waals surface area contributed by atoms with Gasteiger partial charge in [-0.3, -0.25) is 14.3 Å². The molecule has 164 valence electrons. The lowest BCUT2D eigenvalue weighted by Gasteiger charge is -2.61. The van der Waals surface area contributed by atoms with E-state index in [4.69, 9.17) is 0 Å². The summed E-state index contributed by atoms with van der Waals surface area (Å²) in [6, 6.07) is 11.0. The summed E-state index contributed by atoms with van der Waals surface area (Å²) in [5.74, 6) is 0.409. The van der Waals surface area contributed by atoms with Crippen molar-refractivity contribution < 1.29 is 9.59 Å². The molecule has 1 atom stereocenters. The Hall–Kier alpha value is -2.63. The summed E-state index contributed by atoms with van der Waals surface area (Å²) in [5.41, 5.74) is 1.74. The predicted molar refractivity (Wildman–Crippen MR) is 118 cm³/mol. The van der Waals surface area contributed by atoms with Gasteiger partial charge in [-0.2, -0.15) is 5.10 Å². The van der Waals surface area contributed by atoms with Crippen LogP contribution in [0.4, 0.5) is 0 Å². The lowest BCUT2D eigenvalue weighted by molar-refractivity contribution is -0.186. The van der Waals surface area contributed by atoms with Crippen LogP contribution >= 0.6 is 0 Å². The fraction of sp³-hybridized carbons (Fsp3) is 0.560. The molecule has 3 fully saturated rings. The van der Waals surface area contributed by atoms with Crippen LogP contribution in [0.1, 0.15) is 73.8 Å². The van der Waals surface area contributed by atoms with Crippen molar-refractivity contribution in [2.24, 2.45) is 5.41 Å². The minimum Gasteiger partial charge on any atom is -0.338 e. The number of hydrogen-bond donors (Lipinski definition) is 0. The molecule has 1 unspecified atom stereocenters. The number of amides is 2. The van der Waals surface area contributed by atoms with Crippen LogP contribution in [0.3, 0.4) is 0 Å². The van der Waals surface area contributed by atoms with Crippen molar-refractivity contribution in [1.82, 2.24) is 19.6 Å². The smallest absolute Gasteiger partial charge is 0.257 e. The second kappa shape index (κ2) is 8.13. The Morgan fingerprint density at radius 1 is 1.10 bits per heavy atom. The third-order valence-corrected chi connectivity index (χ3v) is 7.67. The number of piperidine rings is 1. The van der Waals surface area contributed by atoms with E-state index in [9.17, 15) is 9.59 Å². The third-order valence-electron chi connectivity index (χ3n) is 7.67. The standard InChI is InChI=1S/C25H32N4O2/c1-2-28-18-20(17-26-28)23(30)27-15-11-21(12-16-27)29-22(19-9-5-3-6-10-19)25(24(29)31)13-7-4-8-14-25/h3,5-6,9-10,17-18,21-22H,2,4,7-8,11-16H2,1H3. The number of aryl methyl sites for hydroxylation is 1. The molecule has 6 nitrogen and oxygen atoms in total. The Morgan fingerprint density at radius 3 is 2.45 bits per heavy atom. The molecule has 6 heteroatoms. The maximum atomic E-state index is 13.5. The van der Waals surface area contributed by atoms with E-state index in [1.165, 1.54) is 12.0 Å². The average Bonchev–Trinajstić information content (AvgIpc) is 3.32. The second-order valence-corrected chi connectivity index (χ2v) is 9.35. The molecule has 1 aromatic carbocycles. The van der Waals surface area contributed by atoms with Crippen molar-refractivity contribution in [2.75, 3.05) is 13.1 Å². The number of benzene rings is 1. The van der Waals surface area contributed by atoms with Crippen molar-refractivity contribution in [3.05, 3.63) is 53.9 Å². The van der Waals surface area contributed by atoms with Gasteiger partial charge in [0.05, 0.1) is 23.2 Å². The van der Waals surface area contributed by atoms with Crippen LogP contribution in [0.5, 0.6) is 0 Å². The molecule has 31 heavy (non-hydrogen) atoms. The van der Waals surface area contributed by atoms with Crippen LogP contribution in [-0.4, -0.2) is 50.5 Å². The summed E-state index contributed by atoms with van der Waals surface area (Å²) in [6.07, 6.45) is 10.8. The van der Waals surface area contributed by atoms with Gasteiger partial charge in [-0.05, 0) is 38.2 Å². The molecule has 1 saturated carbocycles. The number of β-lactam (4-membered cyclic amide) rings is 1. The number of hydrogen-bond acceptors (Lipinski definition) is 3. The summed E-state index contributed by atoms with van der Waals surface area (Å²) >= 11 is 0. The van der Waals surface area contributed by atoms with Gasteiger partial charge in [0, 0.05) is 31.9 Å². The van der Waals surface area contributed by atoms with Crippen LogP contribution in [0.25, 0.3) is 0 Å². The number of carbonyl (C=O) groups is 2. The molecular weight excluding hydrogens is 388 g/mol. The van der Waals surface area contributed by atoms with Crippen LogP contribution in [0.15, 0.2) is 42.7 Å². The van der Waals surface area contributed by atoms with Gasteiger partial charge in [0.25, 0.3) is 5.91 Å². The number of nitrogens with zero attached hydrogens (tertiary/aromatic N) is 4. The highest BCUT2D eigenvalue weighted by Crippen LogP contribution is 2.59. The van der Waals surface area contributed by atoms with Gasteiger partial charge in [0.1, 0.15) is 0 Å². The highest BCUT2D eigenvalue weighted by atomic mass is 16.2.